The number of benzene rings is 1. The highest BCUT2D eigenvalue weighted by molar-refractivity contribution is 5.94. The Morgan fingerprint density at radius 1 is 1.18 bits per heavy atom. The largest absolute Gasteiger partial charge is 0.444 e. The Morgan fingerprint density at radius 3 is 2.64 bits per heavy atom. The van der Waals surface area contributed by atoms with Gasteiger partial charge in [-0.2, -0.15) is 0 Å². The molecule has 2 aromatic heterocycles. The third kappa shape index (κ3) is 3.12. The molecule has 6 nitrogen and oxygen atoms in total. The first-order chi connectivity index (χ1) is 10.7. The summed E-state index contributed by atoms with van der Waals surface area (Å²) in [5, 5.41) is 2.79. The van der Waals surface area contributed by atoms with Crippen molar-refractivity contribution in [2.75, 3.05) is 0 Å². The van der Waals surface area contributed by atoms with Crippen molar-refractivity contribution in [2.24, 2.45) is 0 Å². The van der Waals surface area contributed by atoms with Crippen LogP contribution in [0.3, 0.4) is 0 Å². The summed E-state index contributed by atoms with van der Waals surface area (Å²) in [7, 11) is 0. The van der Waals surface area contributed by atoms with Gasteiger partial charge in [-0.1, -0.05) is 18.2 Å². The zero-order chi connectivity index (χ0) is 15.4. The molecule has 0 atom stereocenters. The number of oxazole rings is 1. The lowest BCUT2D eigenvalue weighted by Crippen LogP contribution is -2.23. The van der Waals surface area contributed by atoms with Crippen LogP contribution in [-0.2, 0) is 6.54 Å². The quantitative estimate of drug-likeness (QED) is 0.770. The van der Waals surface area contributed by atoms with Crippen molar-refractivity contribution in [2.45, 2.75) is 6.54 Å². The first-order valence-electron chi connectivity index (χ1n) is 6.67. The van der Waals surface area contributed by atoms with E-state index in [1.54, 1.807) is 42.7 Å². The highest BCUT2D eigenvalue weighted by Gasteiger charge is 2.07. The number of carbonyl (C=O) groups is 1. The molecule has 0 radical (unpaired) electrons. The molecule has 0 aliphatic carbocycles. The van der Waals surface area contributed by atoms with Gasteiger partial charge >= 0.3 is 0 Å². The van der Waals surface area contributed by atoms with Gasteiger partial charge in [0, 0.05) is 29.9 Å². The number of hydrogen-bond donors (Lipinski definition) is 2. The minimum Gasteiger partial charge on any atom is -0.444 e. The Balaban J connectivity index is 1.65. The Hall–Kier alpha value is -3.15. The van der Waals surface area contributed by atoms with E-state index in [-0.39, 0.29) is 11.5 Å². The number of hydrogen-bond acceptors (Lipinski definition) is 4. The fraction of sp³-hybridized carbons (Fsp3) is 0.0625. The van der Waals surface area contributed by atoms with E-state index >= 15 is 0 Å². The number of H-pyrrole nitrogens is 1. The van der Waals surface area contributed by atoms with Crippen LogP contribution in [0.2, 0.25) is 0 Å². The molecule has 3 aromatic rings. The van der Waals surface area contributed by atoms with Gasteiger partial charge in [-0.05, 0) is 17.7 Å². The van der Waals surface area contributed by atoms with Gasteiger partial charge in [0.25, 0.3) is 5.91 Å². The molecule has 0 bridgehead atoms. The fourth-order valence-electron chi connectivity index (χ4n) is 1.98. The highest BCUT2D eigenvalue weighted by atomic mass is 16.3. The van der Waals surface area contributed by atoms with Crippen molar-refractivity contribution >= 4 is 5.91 Å². The first-order valence-corrected chi connectivity index (χ1v) is 6.67. The zero-order valence-electron chi connectivity index (χ0n) is 11.6. The number of amides is 1. The van der Waals surface area contributed by atoms with Gasteiger partial charge in [0.05, 0.1) is 6.20 Å². The van der Waals surface area contributed by atoms with Gasteiger partial charge in [0.2, 0.25) is 5.56 Å². The minimum absolute atomic E-state index is 0.168. The maximum atomic E-state index is 12.1. The monoisotopic (exact) mass is 295 g/mol. The first kappa shape index (κ1) is 13.8. The van der Waals surface area contributed by atoms with Crippen molar-refractivity contribution < 1.29 is 9.21 Å². The van der Waals surface area contributed by atoms with Crippen LogP contribution in [0.1, 0.15) is 15.9 Å². The standard InChI is InChI=1S/C16H13N3O3/c20-15-6-1-11(7-18-15)8-19-16(21)13-4-2-12(3-5-13)14-9-17-10-22-14/h1-7,9-10H,8H2,(H,18,20)(H,19,21). The van der Waals surface area contributed by atoms with Crippen molar-refractivity contribution in [3.63, 3.8) is 0 Å². The average Bonchev–Trinajstić information content (AvgIpc) is 3.09. The summed E-state index contributed by atoms with van der Waals surface area (Å²) in [6, 6.07) is 10.1. The lowest BCUT2D eigenvalue weighted by atomic mass is 10.1. The van der Waals surface area contributed by atoms with Crippen LogP contribution < -0.4 is 10.9 Å². The average molecular weight is 295 g/mol. The Labute approximate surface area is 125 Å². The summed E-state index contributed by atoms with van der Waals surface area (Å²) in [6.07, 6.45) is 4.56. The fourth-order valence-corrected chi connectivity index (χ4v) is 1.98. The van der Waals surface area contributed by atoms with E-state index in [4.69, 9.17) is 4.42 Å². The molecule has 6 heteroatoms. The molecule has 1 amide bonds. The molecule has 0 saturated heterocycles. The summed E-state index contributed by atoms with van der Waals surface area (Å²) in [4.78, 5) is 29.4. The van der Waals surface area contributed by atoms with Gasteiger partial charge in [-0.3, -0.25) is 9.59 Å². The van der Waals surface area contributed by atoms with Crippen LogP contribution in [0.4, 0.5) is 0 Å². The second-order valence-electron chi connectivity index (χ2n) is 4.69. The Kier molecular flexibility index (Phi) is 3.82. The number of aromatic amines is 1. The molecule has 0 unspecified atom stereocenters. The number of nitrogens with one attached hydrogen (secondary N) is 2. The van der Waals surface area contributed by atoms with E-state index in [1.165, 1.54) is 12.5 Å². The molecule has 3 rings (SSSR count). The summed E-state index contributed by atoms with van der Waals surface area (Å²) in [6.45, 7) is 0.347. The number of aromatic nitrogens is 2. The molecule has 2 N–H and O–H groups in total. The summed E-state index contributed by atoms with van der Waals surface area (Å²) >= 11 is 0. The summed E-state index contributed by atoms with van der Waals surface area (Å²) in [5.74, 6) is 0.468. The van der Waals surface area contributed by atoms with E-state index in [9.17, 15) is 9.59 Å². The van der Waals surface area contributed by atoms with Crippen molar-refractivity contribution in [3.8, 4) is 11.3 Å². The van der Waals surface area contributed by atoms with Gasteiger partial charge in [0.1, 0.15) is 0 Å². The van der Waals surface area contributed by atoms with Crippen LogP contribution in [-0.4, -0.2) is 15.9 Å². The maximum Gasteiger partial charge on any atom is 0.251 e. The smallest absolute Gasteiger partial charge is 0.251 e. The zero-order valence-corrected chi connectivity index (χ0v) is 11.6. The van der Waals surface area contributed by atoms with E-state index in [1.807, 2.05) is 0 Å². The van der Waals surface area contributed by atoms with Gasteiger partial charge < -0.3 is 14.7 Å². The van der Waals surface area contributed by atoms with E-state index in [0.29, 0.717) is 17.9 Å². The van der Waals surface area contributed by atoms with Crippen LogP contribution in [0.25, 0.3) is 11.3 Å². The van der Waals surface area contributed by atoms with Gasteiger partial charge in [-0.25, -0.2) is 4.98 Å². The third-order valence-electron chi connectivity index (χ3n) is 3.17. The normalized spacial score (nSPS) is 10.4. The van der Waals surface area contributed by atoms with Gasteiger partial charge in [0.15, 0.2) is 12.2 Å². The third-order valence-corrected chi connectivity index (χ3v) is 3.17. The molecule has 22 heavy (non-hydrogen) atoms. The number of nitrogens with zero attached hydrogens (tertiary/aromatic N) is 1. The van der Waals surface area contributed by atoms with E-state index < -0.39 is 0 Å². The Morgan fingerprint density at radius 2 is 2.00 bits per heavy atom. The lowest BCUT2D eigenvalue weighted by Gasteiger charge is -2.05. The second kappa shape index (κ2) is 6.09. The molecule has 2 heterocycles. The highest BCUT2D eigenvalue weighted by Crippen LogP contribution is 2.18. The Bertz CT molecular complexity index is 800. The van der Waals surface area contributed by atoms with Crippen LogP contribution in [0.5, 0.6) is 0 Å². The van der Waals surface area contributed by atoms with Gasteiger partial charge in [-0.15, -0.1) is 0 Å². The molecular formula is C16H13N3O3. The SMILES string of the molecule is O=C(NCc1ccc(=O)[nH]c1)c1ccc(-c2cnco2)cc1. The van der Waals surface area contributed by atoms with Crippen LogP contribution >= 0.6 is 0 Å². The molecule has 0 saturated carbocycles. The lowest BCUT2D eigenvalue weighted by molar-refractivity contribution is 0.0951. The second-order valence-corrected chi connectivity index (χ2v) is 4.69. The van der Waals surface area contributed by atoms with Crippen molar-refractivity contribution in [3.05, 3.63) is 76.7 Å². The molecule has 0 spiro atoms. The predicted octanol–water partition coefficient (Wildman–Crippen LogP) is 1.96. The molecule has 0 fully saturated rings. The molecule has 0 aliphatic heterocycles. The van der Waals surface area contributed by atoms with E-state index in [0.717, 1.165) is 11.1 Å². The predicted molar refractivity (Wildman–Crippen MR) is 80.2 cm³/mol. The summed E-state index contributed by atoms with van der Waals surface area (Å²) < 4.78 is 5.19. The minimum atomic E-state index is -0.185. The number of carbonyl (C=O) groups excluding carboxylic acids is 1. The van der Waals surface area contributed by atoms with Crippen LogP contribution in [0.15, 0.2) is 64.4 Å². The molecule has 0 aliphatic rings. The van der Waals surface area contributed by atoms with Crippen LogP contribution in [0, 0.1) is 0 Å². The van der Waals surface area contributed by atoms with Crippen molar-refractivity contribution in [1.29, 1.82) is 0 Å². The number of pyridine rings is 1. The van der Waals surface area contributed by atoms with Crippen molar-refractivity contribution in [1.82, 2.24) is 15.3 Å². The molecular weight excluding hydrogens is 282 g/mol. The summed E-state index contributed by atoms with van der Waals surface area (Å²) in [5.41, 5.74) is 2.06. The molecule has 110 valence electrons. The van der Waals surface area contributed by atoms with E-state index in [2.05, 4.69) is 15.3 Å². The molecule has 1 aromatic carbocycles. The maximum absolute atomic E-state index is 12.1. The topological polar surface area (TPSA) is 88.0 Å². The number of rotatable bonds is 4.